The number of rotatable bonds is 4. The van der Waals surface area contributed by atoms with Crippen molar-refractivity contribution in [3.63, 3.8) is 0 Å². The first-order chi connectivity index (χ1) is 6.75. The second-order valence-electron chi connectivity index (χ2n) is 3.57. The van der Waals surface area contributed by atoms with Crippen molar-refractivity contribution in [1.29, 1.82) is 0 Å². The molecule has 0 fully saturated rings. The molecule has 1 N–H and O–H groups in total. The SMILES string of the molecule is C/C=C/C[C@H](O)C(C)c1ccccc1. The summed E-state index contributed by atoms with van der Waals surface area (Å²) < 4.78 is 0. The van der Waals surface area contributed by atoms with E-state index in [4.69, 9.17) is 0 Å². The van der Waals surface area contributed by atoms with Crippen LogP contribution in [0.4, 0.5) is 0 Å². The van der Waals surface area contributed by atoms with Gasteiger partial charge in [0.25, 0.3) is 0 Å². The minimum Gasteiger partial charge on any atom is -0.392 e. The van der Waals surface area contributed by atoms with Crippen LogP contribution in [0.2, 0.25) is 0 Å². The van der Waals surface area contributed by atoms with E-state index in [0.717, 1.165) is 6.42 Å². The van der Waals surface area contributed by atoms with Crippen LogP contribution in [-0.4, -0.2) is 11.2 Å². The lowest BCUT2D eigenvalue weighted by molar-refractivity contribution is 0.152. The third-order valence-corrected chi connectivity index (χ3v) is 2.52. The molecule has 1 unspecified atom stereocenters. The standard InChI is InChI=1S/C13H18O/c1-3-4-10-13(14)11(2)12-8-6-5-7-9-12/h3-9,11,13-14H,10H2,1-2H3/b4-3+/t11?,13-/m0/s1. The molecule has 0 spiro atoms. The van der Waals surface area contributed by atoms with Crippen molar-refractivity contribution in [1.82, 2.24) is 0 Å². The molecular weight excluding hydrogens is 172 g/mol. The van der Waals surface area contributed by atoms with Gasteiger partial charge in [-0.15, -0.1) is 0 Å². The lowest BCUT2D eigenvalue weighted by atomic mass is 9.93. The third kappa shape index (κ3) is 3.00. The molecule has 1 heteroatoms. The van der Waals surface area contributed by atoms with Crippen molar-refractivity contribution in [2.24, 2.45) is 0 Å². The minimum atomic E-state index is -0.284. The van der Waals surface area contributed by atoms with Crippen LogP contribution in [0.1, 0.15) is 31.7 Å². The van der Waals surface area contributed by atoms with Gasteiger partial charge in [0.15, 0.2) is 0 Å². The number of benzene rings is 1. The Morgan fingerprint density at radius 3 is 2.50 bits per heavy atom. The van der Waals surface area contributed by atoms with E-state index >= 15 is 0 Å². The normalized spacial score (nSPS) is 15.6. The summed E-state index contributed by atoms with van der Waals surface area (Å²) in [6.07, 6.45) is 4.42. The van der Waals surface area contributed by atoms with E-state index in [1.165, 1.54) is 5.56 Å². The fraction of sp³-hybridized carbons (Fsp3) is 0.385. The Balaban J connectivity index is 2.61. The molecule has 0 bridgehead atoms. The van der Waals surface area contributed by atoms with Gasteiger partial charge in [0, 0.05) is 5.92 Å². The molecule has 0 heterocycles. The largest absolute Gasteiger partial charge is 0.392 e. The fourth-order valence-corrected chi connectivity index (χ4v) is 1.46. The predicted octanol–water partition coefficient (Wildman–Crippen LogP) is 3.12. The van der Waals surface area contributed by atoms with Gasteiger partial charge in [-0.2, -0.15) is 0 Å². The van der Waals surface area contributed by atoms with Gasteiger partial charge in [0.05, 0.1) is 6.10 Å². The quantitative estimate of drug-likeness (QED) is 0.723. The van der Waals surface area contributed by atoms with E-state index in [-0.39, 0.29) is 12.0 Å². The Morgan fingerprint density at radius 1 is 1.29 bits per heavy atom. The van der Waals surface area contributed by atoms with Gasteiger partial charge in [0.2, 0.25) is 0 Å². The third-order valence-electron chi connectivity index (χ3n) is 2.52. The van der Waals surface area contributed by atoms with Crippen LogP contribution in [0.15, 0.2) is 42.5 Å². The number of aliphatic hydroxyl groups excluding tert-OH is 1. The van der Waals surface area contributed by atoms with Gasteiger partial charge in [-0.25, -0.2) is 0 Å². The Labute approximate surface area is 86.1 Å². The lowest BCUT2D eigenvalue weighted by Crippen LogP contribution is -2.14. The van der Waals surface area contributed by atoms with Gasteiger partial charge in [-0.3, -0.25) is 0 Å². The van der Waals surface area contributed by atoms with E-state index in [2.05, 4.69) is 19.1 Å². The van der Waals surface area contributed by atoms with Gasteiger partial charge in [0.1, 0.15) is 0 Å². The molecule has 1 aromatic carbocycles. The van der Waals surface area contributed by atoms with Crippen molar-refractivity contribution < 1.29 is 5.11 Å². The molecule has 14 heavy (non-hydrogen) atoms. The fourth-order valence-electron chi connectivity index (χ4n) is 1.46. The molecule has 0 amide bonds. The first kappa shape index (κ1) is 11.0. The second kappa shape index (κ2) is 5.61. The number of hydrogen-bond acceptors (Lipinski definition) is 1. The molecule has 1 nitrogen and oxygen atoms in total. The monoisotopic (exact) mass is 190 g/mol. The van der Waals surface area contributed by atoms with E-state index < -0.39 is 0 Å². The average Bonchev–Trinajstić information content (AvgIpc) is 2.26. The van der Waals surface area contributed by atoms with Gasteiger partial charge >= 0.3 is 0 Å². The van der Waals surface area contributed by atoms with E-state index in [1.807, 2.05) is 37.3 Å². The Kier molecular flexibility index (Phi) is 4.41. The summed E-state index contributed by atoms with van der Waals surface area (Å²) >= 11 is 0. The second-order valence-corrected chi connectivity index (χ2v) is 3.57. The molecular formula is C13H18O. The molecule has 0 aliphatic rings. The highest BCUT2D eigenvalue weighted by molar-refractivity contribution is 5.20. The molecule has 1 rings (SSSR count). The predicted molar refractivity (Wildman–Crippen MR) is 60.3 cm³/mol. The maximum atomic E-state index is 9.85. The topological polar surface area (TPSA) is 20.2 Å². The molecule has 0 radical (unpaired) electrons. The highest BCUT2D eigenvalue weighted by Gasteiger charge is 2.13. The molecule has 0 aromatic heterocycles. The molecule has 0 saturated carbocycles. The number of hydrogen-bond donors (Lipinski definition) is 1. The smallest absolute Gasteiger partial charge is 0.0640 e. The number of aliphatic hydroxyl groups is 1. The highest BCUT2D eigenvalue weighted by Crippen LogP contribution is 2.20. The summed E-state index contributed by atoms with van der Waals surface area (Å²) in [4.78, 5) is 0. The van der Waals surface area contributed by atoms with Gasteiger partial charge in [-0.1, -0.05) is 49.4 Å². The number of allylic oxidation sites excluding steroid dienone is 1. The molecule has 2 atom stereocenters. The zero-order valence-corrected chi connectivity index (χ0v) is 8.85. The maximum Gasteiger partial charge on any atom is 0.0640 e. The molecule has 1 aromatic rings. The van der Waals surface area contributed by atoms with Crippen LogP contribution < -0.4 is 0 Å². The van der Waals surface area contributed by atoms with Crippen LogP contribution in [-0.2, 0) is 0 Å². The molecule has 76 valence electrons. The summed E-state index contributed by atoms with van der Waals surface area (Å²) in [5, 5.41) is 9.85. The molecule has 0 aliphatic heterocycles. The minimum absolute atomic E-state index is 0.201. The van der Waals surface area contributed by atoms with E-state index in [1.54, 1.807) is 0 Å². The maximum absolute atomic E-state index is 9.85. The first-order valence-corrected chi connectivity index (χ1v) is 5.10. The van der Waals surface area contributed by atoms with E-state index in [9.17, 15) is 5.11 Å². The molecule has 0 saturated heterocycles. The van der Waals surface area contributed by atoms with Gasteiger partial charge in [-0.05, 0) is 18.9 Å². The van der Waals surface area contributed by atoms with Crippen molar-refractivity contribution in [3.05, 3.63) is 48.0 Å². The Bertz CT molecular complexity index is 277. The van der Waals surface area contributed by atoms with Crippen LogP contribution in [0, 0.1) is 0 Å². The van der Waals surface area contributed by atoms with E-state index in [0.29, 0.717) is 0 Å². The summed E-state index contributed by atoms with van der Waals surface area (Å²) in [5.74, 6) is 0.201. The van der Waals surface area contributed by atoms with Crippen molar-refractivity contribution >= 4 is 0 Å². The van der Waals surface area contributed by atoms with Crippen LogP contribution >= 0.6 is 0 Å². The summed E-state index contributed by atoms with van der Waals surface area (Å²) in [6.45, 7) is 4.03. The summed E-state index contributed by atoms with van der Waals surface area (Å²) in [6, 6.07) is 10.1. The van der Waals surface area contributed by atoms with Crippen molar-refractivity contribution in [2.75, 3.05) is 0 Å². The first-order valence-electron chi connectivity index (χ1n) is 5.10. The van der Waals surface area contributed by atoms with Crippen molar-refractivity contribution in [2.45, 2.75) is 32.3 Å². The van der Waals surface area contributed by atoms with Crippen LogP contribution in [0.3, 0.4) is 0 Å². The average molecular weight is 190 g/mol. The molecule has 0 aliphatic carbocycles. The summed E-state index contributed by atoms with van der Waals surface area (Å²) in [5.41, 5.74) is 1.20. The lowest BCUT2D eigenvalue weighted by Gasteiger charge is -2.17. The van der Waals surface area contributed by atoms with Gasteiger partial charge < -0.3 is 5.11 Å². The zero-order valence-electron chi connectivity index (χ0n) is 8.85. The zero-order chi connectivity index (χ0) is 10.4. The van der Waals surface area contributed by atoms with Crippen molar-refractivity contribution in [3.8, 4) is 0 Å². The summed E-state index contributed by atoms with van der Waals surface area (Å²) in [7, 11) is 0. The van der Waals surface area contributed by atoms with Crippen LogP contribution in [0.25, 0.3) is 0 Å². The highest BCUT2D eigenvalue weighted by atomic mass is 16.3. The Hall–Kier alpha value is -1.08. The van der Waals surface area contributed by atoms with Crippen LogP contribution in [0.5, 0.6) is 0 Å². The Morgan fingerprint density at radius 2 is 1.93 bits per heavy atom.